The minimum Gasteiger partial charge on any atom is -0.398 e. The number of para-hydroxylation sites is 1. The van der Waals surface area contributed by atoms with E-state index >= 15 is 0 Å². The highest BCUT2D eigenvalue weighted by Gasteiger charge is 2.07. The molecule has 0 aromatic heterocycles. The zero-order valence-corrected chi connectivity index (χ0v) is 10.8. The van der Waals surface area contributed by atoms with Crippen molar-refractivity contribution in [2.75, 3.05) is 11.1 Å². The van der Waals surface area contributed by atoms with Crippen molar-refractivity contribution >= 4 is 40.3 Å². The zero-order valence-electron chi connectivity index (χ0n) is 9.30. The van der Waals surface area contributed by atoms with Crippen LogP contribution < -0.4 is 11.1 Å². The molecule has 3 N–H and O–H groups in total. The molecule has 0 aliphatic rings. The fraction of sp³-hybridized carbons (Fsp3) is 0.0769. The lowest BCUT2D eigenvalue weighted by Crippen LogP contribution is -1.97. The van der Waals surface area contributed by atoms with Gasteiger partial charge in [0.2, 0.25) is 0 Å². The highest BCUT2D eigenvalue weighted by molar-refractivity contribution is 6.39. The summed E-state index contributed by atoms with van der Waals surface area (Å²) in [7, 11) is 0. The van der Waals surface area contributed by atoms with Crippen molar-refractivity contribution < 1.29 is 0 Å². The lowest BCUT2D eigenvalue weighted by atomic mass is 10.1. The van der Waals surface area contributed by atoms with Crippen LogP contribution in [0.15, 0.2) is 36.4 Å². The van der Waals surface area contributed by atoms with Gasteiger partial charge in [-0.15, -0.1) is 0 Å². The zero-order chi connectivity index (χ0) is 12.4. The molecule has 2 aromatic rings. The average molecular weight is 267 g/mol. The summed E-state index contributed by atoms with van der Waals surface area (Å²) in [5.41, 5.74) is 9.16. The molecule has 0 saturated heterocycles. The van der Waals surface area contributed by atoms with E-state index in [2.05, 4.69) is 5.32 Å². The maximum absolute atomic E-state index is 6.09. The Balaban J connectivity index is 2.42. The van der Waals surface area contributed by atoms with Gasteiger partial charge in [-0.3, -0.25) is 0 Å². The molecule has 0 aliphatic heterocycles. The van der Waals surface area contributed by atoms with Gasteiger partial charge in [0.1, 0.15) is 0 Å². The molecular formula is C13H12Cl2N2. The van der Waals surface area contributed by atoms with Gasteiger partial charge in [-0.2, -0.15) is 0 Å². The summed E-state index contributed by atoms with van der Waals surface area (Å²) in [6.07, 6.45) is 0. The number of anilines is 3. The van der Waals surface area contributed by atoms with Gasteiger partial charge >= 0.3 is 0 Å². The third kappa shape index (κ3) is 2.48. The Morgan fingerprint density at radius 3 is 2.24 bits per heavy atom. The number of hydrogen-bond acceptors (Lipinski definition) is 2. The van der Waals surface area contributed by atoms with E-state index in [-0.39, 0.29) is 0 Å². The van der Waals surface area contributed by atoms with E-state index in [1.807, 2.05) is 31.2 Å². The molecule has 4 heteroatoms. The minimum atomic E-state index is 0.583. The van der Waals surface area contributed by atoms with Gasteiger partial charge in [0.25, 0.3) is 0 Å². The molecule has 0 amide bonds. The van der Waals surface area contributed by atoms with Crippen LogP contribution in [0.3, 0.4) is 0 Å². The van der Waals surface area contributed by atoms with Crippen LogP contribution in [0.4, 0.5) is 17.1 Å². The van der Waals surface area contributed by atoms with Gasteiger partial charge in [-0.1, -0.05) is 35.3 Å². The van der Waals surface area contributed by atoms with Gasteiger partial charge in [0, 0.05) is 11.4 Å². The van der Waals surface area contributed by atoms with Crippen molar-refractivity contribution in [1.82, 2.24) is 0 Å². The van der Waals surface area contributed by atoms with Crippen LogP contribution in [0.2, 0.25) is 10.0 Å². The monoisotopic (exact) mass is 266 g/mol. The fourth-order valence-electron chi connectivity index (χ4n) is 1.54. The Morgan fingerprint density at radius 2 is 1.59 bits per heavy atom. The topological polar surface area (TPSA) is 38.0 Å². The van der Waals surface area contributed by atoms with Gasteiger partial charge in [0.15, 0.2) is 0 Å². The number of halogens is 2. The van der Waals surface area contributed by atoms with Gasteiger partial charge < -0.3 is 11.1 Å². The Hall–Kier alpha value is -1.38. The summed E-state index contributed by atoms with van der Waals surface area (Å²) < 4.78 is 0. The molecule has 88 valence electrons. The summed E-state index contributed by atoms with van der Waals surface area (Å²) in [4.78, 5) is 0. The van der Waals surface area contributed by atoms with Crippen LogP contribution in [0.5, 0.6) is 0 Å². The van der Waals surface area contributed by atoms with Crippen LogP contribution in [0.1, 0.15) is 5.56 Å². The van der Waals surface area contributed by atoms with E-state index in [0.717, 1.165) is 16.9 Å². The largest absolute Gasteiger partial charge is 0.398 e. The third-order valence-corrected chi connectivity index (χ3v) is 3.23. The summed E-state index contributed by atoms with van der Waals surface area (Å²) >= 11 is 12.2. The van der Waals surface area contributed by atoms with Crippen molar-refractivity contribution in [1.29, 1.82) is 0 Å². The van der Waals surface area contributed by atoms with Crippen LogP contribution in [0.25, 0.3) is 0 Å². The normalized spacial score (nSPS) is 10.3. The highest BCUT2D eigenvalue weighted by Crippen LogP contribution is 2.34. The maximum atomic E-state index is 6.09. The Morgan fingerprint density at radius 1 is 1.00 bits per heavy atom. The summed E-state index contributed by atoms with van der Waals surface area (Å²) in [6.45, 7) is 1.95. The molecule has 0 heterocycles. The Bertz CT molecular complexity index is 533. The van der Waals surface area contributed by atoms with Crippen molar-refractivity contribution in [3.05, 3.63) is 52.0 Å². The number of nitrogens with two attached hydrogens (primary N) is 1. The second-order valence-corrected chi connectivity index (χ2v) is 4.56. The first-order valence-electron chi connectivity index (χ1n) is 5.15. The molecule has 0 saturated carbocycles. The first-order valence-corrected chi connectivity index (χ1v) is 5.91. The van der Waals surface area contributed by atoms with Crippen LogP contribution in [-0.2, 0) is 0 Å². The highest BCUT2D eigenvalue weighted by atomic mass is 35.5. The summed E-state index contributed by atoms with van der Waals surface area (Å²) in [5.74, 6) is 0. The van der Waals surface area contributed by atoms with E-state index < -0.39 is 0 Å². The van der Waals surface area contributed by atoms with Crippen molar-refractivity contribution in [2.45, 2.75) is 6.92 Å². The molecule has 2 nitrogen and oxygen atoms in total. The molecule has 0 spiro atoms. The second-order valence-electron chi connectivity index (χ2n) is 3.74. The Kier molecular flexibility index (Phi) is 3.46. The molecule has 0 unspecified atom stereocenters. The maximum Gasteiger partial charge on any atom is 0.0763 e. The number of benzene rings is 2. The molecule has 0 bridgehead atoms. The first-order chi connectivity index (χ1) is 8.09. The molecule has 0 aliphatic carbocycles. The van der Waals surface area contributed by atoms with Crippen LogP contribution >= 0.6 is 23.2 Å². The SMILES string of the molecule is Cc1c(N)cccc1Nc1c(Cl)cccc1Cl. The predicted molar refractivity (Wildman–Crippen MR) is 75.3 cm³/mol. The second kappa shape index (κ2) is 4.86. The molecule has 2 rings (SSSR count). The van der Waals surface area contributed by atoms with E-state index in [9.17, 15) is 0 Å². The molecule has 0 atom stereocenters. The fourth-order valence-corrected chi connectivity index (χ4v) is 2.03. The van der Waals surface area contributed by atoms with Crippen molar-refractivity contribution in [3.63, 3.8) is 0 Å². The molecule has 0 radical (unpaired) electrons. The number of nitrogen functional groups attached to an aromatic ring is 1. The summed E-state index contributed by atoms with van der Waals surface area (Å²) in [6, 6.07) is 11.1. The minimum absolute atomic E-state index is 0.583. The third-order valence-electron chi connectivity index (χ3n) is 2.60. The van der Waals surface area contributed by atoms with Gasteiger partial charge in [-0.25, -0.2) is 0 Å². The van der Waals surface area contributed by atoms with Gasteiger partial charge in [0.05, 0.1) is 15.7 Å². The quantitative estimate of drug-likeness (QED) is 0.778. The predicted octanol–water partition coefficient (Wildman–Crippen LogP) is 4.63. The Labute approximate surface area is 110 Å². The standard InChI is InChI=1S/C13H12Cl2N2/c1-8-11(16)6-3-7-12(8)17-13-9(14)4-2-5-10(13)15/h2-7,17H,16H2,1H3. The van der Waals surface area contributed by atoms with Crippen molar-refractivity contribution in [2.24, 2.45) is 0 Å². The van der Waals surface area contributed by atoms with Gasteiger partial charge in [-0.05, 0) is 36.8 Å². The first kappa shape index (κ1) is 12.1. The smallest absolute Gasteiger partial charge is 0.0763 e. The number of nitrogens with one attached hydrogen (secondary N) is 1. The van der Waals surface area contributed by atoms with E-state index in [4.69, 9.17) is 28.9 Å². The molecule has 2 aromatic carbocycles. The van der Waals surface area contributed by atoms with E-state index in [1.54, 1.807) is 12.1 Å². The number of rotatable bonds is 2. The molecule has 17 heavy (non-hydrogen) atoms. The molecular weight excluding hydrogens is 255 g/mol. The lowest BCUT2D eigenvalue weighted by molar-refractivity contribution is 1.43. The van der Waals surface area contributed by atoms with Crippen molar-refractivity contribution in [3.8, 4) is 0 Å². The lowest BCUT2D eigenvalue weighted by Gasteiger charge is -2.13. The average Bonchev–Trinajstić information content (AvgIpc) is 2.29. The van der Waals surface area contributed by atoms with Crippen LogP contribution in [0, 0.1) is 6.92 Å². The molecule has 0 fully saturated rings. The van der Waals surface area contributed by atoms with E-state index in [0.29, 0.717) is 15.7 Å². The van der Waals surface area contributed by atoms with E-state index in [1.165, 1.54) is 0 Å². The number of hydrogen-bond donors (Lipinski definition) is 2. The van der Waals surface area contributed by atoms with Crippen LogP contribution in [-0.4, -0.2) is 0 Å². The summed E-state index contributed by atoms with van der Waals surface area (Å²) in [5, 5.41) is 4.37.